The Kier molecular flexibility index (Phi) is 6.27. The van der Waals surface area contributed by atoms with E-state index in [2.05, 4.69) is 32.8 Å². The Balaban J connectivity index is 2.58. The molecule has 1 heterocycles. The van der Waals surface area contributed by atoms with Gasteiger partial charge >= 0.3 is 0 Å². The second-order valence-electron chi connectivity index (χ2n) is 5.45. The number of hydrogen-bond donors (Lipinski definition) is 2. The highest BCUT2D eigenvalue weighted by molar-refractivity contribution is 14.1. The summed E-state index contributed by atoms with van der Waals surface area (Å²) in [5.74, 6) is -0.414. The number of rotatable bonds is 5. The third kappa shape index (κ3) is 4.05. The molecule has 0 spiro atoms. The first kappa shape index (κ1) is 19.1. The maximum absolute atomic E-state index is 12.6. The van der Waals surface area contributed by atoms with Crippen LogP contribution in [0.3, 0.4) is 0 Å². The van der Waals surface area contributed by atoms with Crippen LogP contribution < -0.4 is 5.56 Å². The summed E-state index contributed by atoms with van der Waals surface area (Å²) in [5.41, 5.74) is 1.24. The number of halogens is 1. The first-order valence-corrected chi connectivity index (χ1v) is 8.63. The number of aryl methyl sites for hydroxylation is 1. The van der Waals surface area contributed by atoms with Crippen LogP contribution in [0.4, 0.5) is 11.4 Å². The highest BCUT2D eigenvalue weighted by Crippen LogP contribution is 2.28. The van der Waals surface area contributed by atoms with E-state index >= 15 is 0 Å². The normalized spacial score (nSPS) is 11.0. The number of aliphatic hydroxyl groups is 1. The lowest BCUT2D eigenvalue weighted by atomic mass is 10.1. The van der Waals surface area contributed by atoms with E-state index in [0.29, 0.717) is 5.69 Å². The Bertz CT molecular complexity index is 929. The Labute approximate surface area is 158 Å². The van der Waals surface area contributed by atoms with Gasteiger partial charge in [-0.05, 0) is 66.6 Å². The van der Waals surface area contributed by atoms with Crippen molar-refractivity contribution in [3.8, 4) is 11.9 Å². The van der Waals surface area contributed by atoms with Gasteiger partial charge in [0.1, 0.15) is 11.6 Å². The van der Waals surface area contributed by atoms with E-state index in [1.54, 1.807) is 13.0 Å². The Hall–Kier alpha value is -2.25. The molecule has 0 saturated heterocycles. The van der Waals surface area contributed by atoms with Crippen molar-refractivity contribution in [3.63, 3.8) is 0 Å². The van der Waals surface area contributed by atoms with Crippen molar-refractivity contribution >= 4 is 34.0 Å². The van der Waals surface area contributed by atoms with Crippen molar-refractivity contribution in [2.75, 3.05) is 6.61 Å². The molecule has 2 N–H and O–H groups in total. The molecule has 25 heavy (non-hydrogen) atoms. The molecule has 0 unspecified atom stereocenters. The van der Waals surface area contributed by atoms with E-state index in [-0.39, 0.29) is 36.4 Å². The van der Waals surface area contributed by atoms with Gasteiger partial charge in [0, 0.05) is 22.3 Å². The molecular formula is C17H17IN4O3. The van der Waals surface area contributed by atoms with Gasteiger partial charge in [0.2, 0.25) is 5.88 Å². The van der Waals surface area contributed by atoms with E-state index < -0.39 is 11.4 Å². The molecule has 0 bridgehead atoms. The van der Waals surface area contributed by atoms with Crippen molar-refractivity contribution < 1.29 is 10.2 Å². The third-order valence-corrected chi connectivity index (χ3v) is 4.40. The molecule has 0 aliphatic heterocycles. The number of aliphatic hydroxyl groups excluding tert-OH is 1. The van der Waals surface area contributed by atoms with Crippen LogP contribution in [0.2, 0.25) is 0 Å². The van der Waals surface area contributed by atoms with E-state index in [1.165, 1.54) is 0 Å². The molecule has 0 atom stereocenters. The fourth-order valence-electron chi connectivity index (χ4n) is 2.33. The highest BCUT2D eigenvalue weighted by Gasteiger charge is 2.18. The van der Waals surface area contributed by atoms with Crippen LogP contribution in [0.25, 0.3) is 0 Å². The lowest BCUT2D eigenvalue weighted by Crippen LogP contribution is -2.22. The van der Waals surface area contributed by atoms with Gasteiger partial charge in [-0.15, -0.1) is 5.11 Å². The predicted octanol–water partition coefficient (Wildman–Crippen LogP) is 3.44. The molecule has 130 valence electrons. The maximum Gasteiger partial charge on any atom is 0.281 e. The fourth-order valence-corrected chi connectivity index (χ4v) is 2.98. The maximum atomic E-state index is 12.6. The number of azo groups is 1. The van der Waals surface area contributed by atoms with Crippen LogP contribution in [0.1, 0.15) is 23.1 Å². The van der Waals surface area contributed by atoms with Gasteiger partial charge in [-0.3, -0.25) is 9.36 Å². The van der Waals surface area contributed by atoms with Crippen LogP contribution in [0.15, 0.2) is 33.2 Å². The molecule has 0 radical (unpaired) electrons. The summed E-state index contributed by atoms with van der Waals surface area (Å²) >= 11 is 2.19. The zero-order valence-electron chi connectivity index (χ0n) is 13.8. The minimum Gasteiger partial charge on any atom is -0.493 e. The average molecular weight is 452 g/mol. The second kappa shape index (κ2) is 8.22. The molecule has 7 nitrogen and oxygen atoms in total. The van der Waals surface area contributed by atoms with Gasteiger partial charge in [-0.2, -0.15) is 10.4 Å². The molecule has 0 amide bonds. The largest absolute Gasteiger partial charge is 0.493 e. The minimum atomic E-state index is -0.547. The van der Waals surface area contributed by atoms with Crippen molar-refractivity contribution in [2.45, 2.75) is 26.8 Å². The molecular weight excluding hydrogens is 435 g/mol. The molecule has 0 fully saturated rings. The standard InChI is InChI=1S/C17H17IN4O3/c1-10-8-12(18)4-5-14(10)20-21-15-11(2)13(9-19)16(24)22(17(15)25)6-3-7-23/h4-5,8,23-24H,3,6-7H2,1-2H3. The quantitative estimate of drug-likeness (QED) is 0.535. The zero-order chi connectivity index (χ0) is 18.6. The van der Waals surface area contributed by atoms with Crippen LogP contribution in [-0.2, 0) is 6.54 Å². The smallest absolute Gasteiger partial charge is 0.281 e. The second-order valence-corrected chi connectivity index (χ2v) is 6.69. The summed E-state index contributed by atoms with van der Waals surface area (Å²) in [7, 11) is 0. The minimum absolute atomic E-state index is 0.00485. The molecule has 0 saturated carbocycles. The van der Waals surface area contributed by atoms with Gasteiger partial charge in [0.05, 0.1) is 5.69 Å². The van der Waals surface area contributed by atoms with Gasteiger partial charge in [-0.1, -0.05) is 0 Å². The first-order chi connectivity index (χ1) is 11.9. The van der Waals surface area contributed by atoms with Crippen LogP contribution in [0, 0.1) is 28.7 Å². The summed E-state index contributed by atoms with van der Waals surface area (Å²) in [6.07, 6.45) is 0.272. The Morgan fingerprint density at radius 3 is 2.64 bits per heavy atom. The highest BCUT2D eigenvalue weighted by atomic mass is 127. The predicted molar refractivity (Wildman–Crippen MR) is 102 cm³/mol. The molecule has 2 rings (SSSR count). The monoisotopic (exact) mass is 452 g/mol. The molecule has 8 heteroatoms. The SMILES string of the molecule is Cc1cc(I)ccc1N=Nc1c(C)c(C#N)c(O)n(CCCO)c1=O. The van der Waals surface area contributed by atoms with Gasteiger partial charge in [0.15, 0.2) is 5.69 Å². The summed E-state index contributed by atoms with van der Waals surface area (Å²) in [5, 5.41) is 36.6. The number of aromatic hydroxyl groups is 1. The average Bonchev–Trinajstić information content (AvgIpc) is 2.56. The first-order valence-electron chi connectivity index (χ1n) is 7.56. The van der Waals surface area contributed by atoms with Crippen molar-refractivity contribution in [3.05, 3.63) is 48.8 Å². The summed E-state index contributed by atoms with van der Waals surface area (Å²) < 4.78 is 2.10. The van der Waals surface area contributed by atoms with Crippen LogP contribution >= 0.6 is 22.6 Å². The van der Waals surface area contributed by atoms with Crippen LogP contribution in [0.5, 0.6) is 5.88 Å². The van der Waals surface area contributed by atoms with Crippen molar-refractivity contribution in [1.82, 2.24) is 4.57 Å². The lowest BCUT2D eigenvalue weighted by molar-refractivity contribution is 0.274. The van der Waals surface area contributed by atoms with E-state index in [9.17, 15) is 15.2 Å². The van der Waals surface area contributed by atoms with Crippen molar-refractivity contribution in [1.29, 1.82) is 5.26 Å². The lowest BCUT2D eigenvalue weighted by Gasteiger charge is -2.12. The number of nitrogens with zero attached hydrogens (tertiary/aromatic N) is 4. The summed E-state index contributed by atoms with van der Waals surface area (Å²) in [4.78, 5) is 12.6. The Morgan fingerprint density at radius 1 is 1.32 bits per heavy atom. The third-order valence-electron chi connectivity index (χ3n) is 3.73. The number of hydrogen-bond acceptors (Lipinski definition) is 6. The number of pyridine rings is 1. The molecule has 2 aromatic rings. The topological polar surface area (TPSA) is 111 Å². The van der Waals surface area contributed by atoms with Crippen molar-refractivity contribution in [2.24, 2.45) is 10.2 Å². The number of aromatic nitrogens is 1. The van der Waals surface area contributed by atoms with E-state index in [0.717, 1.165) is 13.7 Å². The van der Waals surface area contributed by atoms with E-state index in [1.807, 2.05) is 25.1 Å². The van der Waals surface area contributed by atoms with Gasteiger partial charge in [-0.25, -0.2) is 0 Å². The fraction of sp³-hybridized carbons (Fsp3) is 0.294. The van der Waals surface area contributed by atoms with Crippen LogP contribution in [-0.4, -0.2) is 21.4 Å². The number of benzene rings is 1. The zero-order valence-corrected chi connectivity index (χ0v) is 16.0. The Morgan fingerprint density at radius 2 is 2.04 bits per heavy atom. The van der Waals surface area contributed by atoms with Gasteiger partial charge < -0.3 is 10.2 Å². The number of nitriles is 1. The molecule has 1 aromatic carbocycles. The summed E-state index contributed by atoms with van der Waals surface area (Å²) in [6, 6.07) is 7.51. The van der Waals surface area contributed by atoms with E-state index in [4.69, 9.17) is 5.11 Å². The van der Waals surface area contributed by atoms with Gasteiger partial charge in [0.25, 0.3) is 5.56 Å². The molecule has 1 aromatic heterocycles. The summed E-state index contributed by atoms with van der Waals surface area (Å²) in [6.45, 7) is 3.38. The molecule has 0 aliphatic rings. The molecule has 0 aliphatic carbocycles.